The summed E-state index contributed by atoms with van der Waals surface area (Å²) in [5.41, 5.74) is 0.812. The summed E-state index contributed by atoms with van der Waals surface area (Å²) in [5.74, 6) is 0.141. The number of hydrogen-bond acceptors (Lipinski definition) is 2. The molecule has 0 radical (unpaired) electrons. The molecule has 1 atom stereocenters. The van der Waals surface area contributed by atoms with E-state index >= 15 is 0 Å². The van der Waals surface area contributed by atoms with E-state index in [0.717, 1.165) is 31.7 Å². The maximum Gasteiger partial charge on any atom is 0.176 e. The van der Waals surface area contributed by atoms with Crippen molar-refractivity contribution in [2.75, 3.05) is 6.61 Å². The van der Waals surface area contributed by atoms with E-state index in [1.165, 1.54) is 12.8 Å². The molecular weight excluding hydrogens is 202 g/mol. The Kier molecular flexibility index (Phi) is 3.78. The molecule has 0 aliphatic carbocycles. The fourth-order valence-electron chi connectivity index (χ4n) is 2.29. The van der Waals surface area contributed by atoms with Crippen molar-refractivity contribution in [3.63, 3.8) is 0 Å². The van der Waals surface area contributed by atoms with E-state index in [1.54, 1.807) is 6.92 Å². The number of ketones is 1. The van der Waals surface area contributed by atoms with Crippen LogP contribution >= 0.6 is 0 Å². The smallest absolute Gasteiger partial charge is 0.176 e. The largest absolute Gasteiger partial charge is 0.378 e. The van der Waals surface area contributed by atoms with Gasteiger partial charge in [-0.25, -0.2) is 0 Å². The zero-order valence-corrected chi connectivity index (χ0v) is 9.82. The topological polar surface area (TPSA) is 31.2 Å². The van der Waals surface area contributed by atoms with Crippen LogP contribution in [0.25, 0.3) is 0 Å². The number of hydrogen-bond donors (Lipinski definition) is 0. The van der Waals surface area contributed by atoms with E-state index in [9.17, 15) is 4.79 Å². The highest BCUT2D eigenvalue weighted by Crippen LogP contribution is 2.17. The van der Waals surface area contributed by atoms with Gasteiger partial charge in [0.05, 0.1) is 11.8 Å². The first-order valence-electron chi connectivity index (χ1n) is 6.05. The Balaban J connectivity index is 1.80. The summed E-state index contributed by atoms with van der Waals surface area (Å²) in [4.78, 5) is 11.3. The number of aromatic nitrogens is 1. The summed E-state index contributed by atoms with van der Waals surface area (Å²) in [6.45, 7) is 3.46. The molecule has 2 rings (SSSR count). The first kappa shape index (κ1) is 11.4. The molecule has 0 N–H and O–H groups in total. The summed E-state index contributed by atoms with van der Waals surface area (Å²) in [7, 11) is 0. The standard InChI is InChI=1S/C13H19NO2/c1-11(15)13-7-3-9-14(13)8-2-5-12-6-4-10-16-12/h3,7,9,12H,2,4-6,8,10H2,1H3. The summed E-state index contributed by atoms with van der Waals surface area (Å²) in [6.07, 6.45) is 7.02. The van der Waals surface area contributed by atoms with Crippen LogP contribution in [-0.4, -0.2) is 23.1 Å². The number of nitrogens with zero attached hydrogens (tertiary/aromatic N) is 1. The van der Waals surface area contributed by atoms with Crippen LogP contribution in [0.1, 0.15) is 43.1 Å². The van der Waals surface area contributed by atoms with Crippen LogP contribution in [0.2, 0.25) is 0 Å². The molecule has 1 aliphatic rings. The predicted octanol–water partition coefficient (Wildman–Crippen LogP) is 2.65. The monoisotopic (exact) mass is 221 g/mol. The molecular formula is C13H19NO2. The summed E-state index contributed by atoms with van der Waals surface area (Å²) in [6, 6.07) is 3.82. The lowest BCUT2D eigenvalue weighted by Crippen LogP contribution is -2.09. The second-order valence-electron chi connectivity index (χ2n) is 4.42. The van der Waals surface area contributed by atoms with E-state index in [2.05, 4.69) is 0 Å². The van der Waals surface area contributed by atoms with Crippen molar-refractivity contribution in [3.8, 4) is 0 Å². The summed E-state index contributed by atoms with van der Waals surface area (Å²) in [5, 5.41) is 0. The predicted molar refractivity (Wildman–Crippen MR) is 62.6 cm³/mol. The van der Waals surface area contributed by atoms with Gasteiger partial charge in [0.15, 0.2) is 5.78 Å². The molecule has 0 aromatic carbocycles. The van der Waals surface area contributed by atoms with Crippen molar-refractivity contribution in [2.45, 2.75) is 45.3 Å². The molecule has 88 valence electrons. The normalized spacial score (nSPS) is 20.2. The van der Waals surface area contributed by atoms with E-state index in [1.807, 2.05) is 22.9 Å². The van der Waals surface area contributed by atoms with Gasteiger partial charge in [0.2, 0.25) is 0 Å². The molecule has 1 fully saturated rings. The van der Waals surface area contributed by atoms with E-state index in [0.29, 0.717) is 6.10 Å². The van der Waals surface area contributed by atoms with E-state index in [4.69, 9.17) is 4.74 Å². The number of carbonyl (C=O) groups is 1. The van der Waals surface area contributed by atoms with Gasteiger partial charge in [0.1, 0.15) is 0 Å². The molecule has 16 heavy (non-hydrogen) atoms. The Morgan fingerprint density at radius 1 is 1.62 bits per heavy atom. The minimum atomic E-state index is 0.141. The van der Waals surface area contributed by atoms with Crippen LogP contribution in [0.3, 0.4) is 0 Å². The van der Waals surface area contributed by atoms with Gasteiger partial charge in [-0.1, -0.05) is 0 Å². The molecule has 1 aromatic heterocycles. The zero-order chi connectivity index (χ0) is 11.4. The fourth-order valence-corrected chi connectivity index (χ4v) is 2.29. The van der Waals surface area contributed by atoms with Crippen LogP contribution in [-0.2, 0) is 11.3 Å². The average molecular weight is 221 g/mol. The lowest BCUT2D eigenvalue weighted by Gasteiger charge is -2.10. The lowest BCUT2D eigenvalue weighted by molar-refractivity contribution is 0.0994. The molecule has 0 spiro atoms. The number of carbonyl (C=O) groups excluding carboxylic acids is 1. The van der Waals surface area contributed by atoms with Crippen LogP contribution in [0, 0.1) is 0 Å². The van der Waals surface area contributed by atoms with Crippen LogP contribution in [0.15, 0.2) is 18.3 Å². The fraction of sp³-hybridized carbons (Fsp3) is 0.615. The lowest BCUT2D eigenvalue weighted by atomic mass is 10.1. The number of Topliss-reactive ketones (excluding diaryl/α,β-unsaturated/α-hetero) is 1. The van der Waals surface area contributed by atoms with Crippen molar-refractivity contribution in [1.82, 2.24) is 4.57 Å². The Bertz CT molecular complexity index is 351. The quantitative estimate of drug-likeness (QED) is 0.716. The second-order valence-corrected chi connectivity index (χ2v) is 4.42. The molecule has 1 aromatic rings. The minimum Gasteiger partial charge on any atom is -0.378 e. The van der Waals surface area contributed by atoms with Crippen molar-refractivity contribution in [1.29, 1.82) is 0 Å². The highest BCUT2D eigenvalue weighted by atomic mass is 16.5. The van der Waals surface area contributed by atoms with Gasteiger partial charge in [-0.05, 0) is 37.8 Å². The molecule has 1 unspecified atom stereocenters. The average Bonchev–Trinajstić information content (AvgIpc) is 2.87. The van der Waals surface area contributed by atoms with Crippen molar-refractivity contribution in [3.05, 3.63) is 24.0 Å². The molecule has 2 heterocycles. The van der Waals surface area contributed by atoms with Gasteiger partial charge in [0, 0.05) is 26.3 Å². The molecule has 0 bridgehead atoms. The van der Waals surface area contributed by atoms with Crippen LogP contribution < -0.4 is 0 Å². The third-order valence-electron chi connectivity index (χ3n) is 3.14. The second kappa shape index (κ2) is 5.30. The number of rotatable bonds is 5. The van der Waals surface area contributed by atoms with Gasteiger partial charge in [-0.15, -0.1) is 0 Å². The molecule has 1 saturated heterocycles. The van der Waals surface area contributed by atoms with Gasteiger partial charge in [-0.2, -0.15) is 0 Å². The Morgan fingerprint density at radius 3 is 3.19 bits per heavy atom. The van der Waals surface area contributed by atoms with Crippen LogP contribution in [0.5, 0.6) is 0 Å². The molecule has 1 aliphatic heterocycles. The van der Waals surface area contributed by atoms with Crippen molar-refractivity contribution < 1.29 is 9.53 Å². The van der Waals surface area contributed by atoms with Gasteiger partial charge < -0.3 is 9.30 Å². The van der Waals surface area contributed by atoms with Gasteiger partial charge in [0.25, 0.3) is 0 Å². The van der Waals surface area contributed by atoms with Gasteiger partial charge >= 0.3 is 0 Å². The molecule has 0 amide bonds. The maximum atomic E-state index is 11.3. The third-order valence-corrected chi connectivity index (χ3v) is 3.14. The maximum absolute atomic E-state index is 11.3. The highest BCUT2D eigenvalue weighted by Gasteiger charge is 2.15. The number of aryl methyl sites for hydroxylation is 1. The SMILES string of the molecule is CC(=O)c1cccn1CCCC1CCCO1. The Morgan fingerprint density at radius 2 is 2.50 bits per heavy atom. The minimum absolute atomic E-state index is 0.141. The van der Waals surface area contributed by atoms with Crippen molar-refractivity contribution in [2.24, 2.45) is 0 Å². The first-order valence-corrected chi connectivity index (χ1v) is 6.05. The van der Waals surface area contributed by atoms with Crippen molar-refractivity contribution >= 4 is 5.78 Å². The highest BCUT2D eigenvalue weighted by molar-refractivity contribution is 5.92. The first-order chi connectivity index (χ1) is 7.77. The van der Waals surface area contributed by atoms with E-state index < -0.39 is 0 Å². The molecule has 0 saturated carbocycles. The molecule has 3 heteroatoms. The Hall–Kier alpha value is -1.09. The number of ether oxygens (including phenoxy) is 1. The van der Waals surface area contributed by atoms with E-state index in [-0.39, 0.29) is 5.78 Å². The van der Waals surface area contributed by atoms with Gasteiger partial charge in [-0.3, -0.25) is 4.79 Å². The zero-order valence-electron chi connectivity index (χ0n) is 9.82. The van der Waals surface area contributed by atoms with Crippen LogP contribution in [0.4, 0.5) is 0 Å². The Labute approximate surface area is 96.4 Å². The summed E-state index contributed by atoms with van der Waals surface area (Å²) >= 11 is 0. The summed E-state index contributed by atoms with van der Waals surface area (Å²) < 4.78 is 7.61. The molecule has 3 nitrogen and oxygen atoms in total. The third kappa shape index (κ3) is 2.73.